The second-order valence-electron chi connectivity index (χ2n) is 6.41. The van der Waals surface area contributed by atoms with Gasteiger partial charge in [-0.2, -0.15) is 4.31 Å². The number of ether oxygens (including phenoxy) is 2. The SMILES string of the molecule is COc1ccc(S(=O)(=O)N2CCOCC2)cc1NC(=O)c1cccc(S(N)(=O)=O)c1. The number of hydrogen-bond acceptors (Lipinski definition) is 7. The maximum atomic E-state index is 12.9. The lowest BCUT2D eigenvalue weighted by molar-refractivity contribution is 0.0730. The van der Waals surface area contributed by atoms with Crippen LogP contribution in [-0.2, 0) is 24.8 Å². The fourth-order valence-corrected chi connectivity index (χ4v) is 4.88. The van der Waals surface area contributed by atoms with E-state index in [-0.39, 0.29) is 39.9 Å². The summed E-state index contributed by atoms with van der Waals surface area (Å²) >= 11 is 0. The monoisotopic (exact) mass is 455 g/mol. The number of carbonyl (C=O) groups excluding carboxylic acids is 1. The summed E-state index contributed by atoms with van der Waals surface area (Å²) in [6.07, 6.45) is 0. The van der Waals surface area contributed by atoms with E-state index in [0.717, 1.165) is 6.07 Å². The molecule has 0 saturated carbocycles. The van der Waals surface area contributed by atoms with Gasteiger partial charge in [0.15, 0.2) is 0 Å². The number of carbonyl (C=O) groups is 1. The van der Waals surface area contributed by atoms with Crippen LogP contribution in [0.25, 0.3) is 0 Å². The summed E-state index contributed by atoms with van der Waals surface area (Å²) in [5.41, 5.74) is 0.155. The zero-order chi connectivity index (χ0) is 21.9. The van der Waals surface area contributed by atoms with E-state index in [9.17, 15) is 21.6 Å². The van der Waals surface area contributed by atoms with Crippen LogP contribution in [0, 0.1) is 0 Å². The van der Waals surface area contributed by atoms with Gasteiger partial charge in [-0.15, -0.1) is 0 Å². The Morgan fingerprint density at radius 1 is 1.07 bits per heavy atom. The third-order valence-electron chi connectivity index (χ3n) is 4.45. The molecule has 12 heteroatoms. The minimum atomic E-state index is -3.98. The molecule has 10 nitrogen and oxygen atoms in total. The van der Waals surface area contributed by atoms with Gasteiger partial charge in [-0.05, 0) is 36.4 Å². The van der Waals surface area contributed by atoms with Crippen molar-refractivity contribution in [1.82, 2.24) is 4.31 Å². The first kappa shape index (κ1) is 22.2. The standard InChI is InChI=1S/C18H21N3O7S2/c1-27-17-6-5-15(30(25,26)21-7-9-28-10-8-21)12-16(17)20-18(22)13-3-2-4-14(11-13)29(19,23)24/h2-6,11-12H,7-10H2,1H3,(H,20,22)(H2,19,23,24). The first-order valence-electron chi connectivity index (χ1n) is 8.83. The molecule has 0 atom stereocenters. The van der Waals surface area contributed by atoms with Gasteiger partial charge >= 0.3 is 0 Å². The summed E-state index contributed by atoms with van der Waals surface area (Å²) in [6, 6.07) is 9.30. The Labute approximate surface area is 174 Å². The topological polar surface area (TPSA) is 145 Å². The molecule has 2 aromatic rings. The highest BCUT2D eigenvalue weighted by molar-refractivity contribution is 7.89. The van der Waals surface area contributed by atoms with Gasteiger partial charge in [-0.3, -0.25) is 4.79 Å². The Hall–Kier alpha value is -2.51. The normalized spacial score (nSPS) is 15.5. The van der Waals surface area contributed by atoms with Gasteiger partial charge in [-0.25, -0.2) is 22.0 Å². The number of methoxy groups -OCH3 is 1. The third-order valence-corrected chi connectivity index (χ3v) is 7.26. The number of nitrogens with two attached hydrogens (primary N) is 1. The van der Waals surface area contributed by atoms with Crippen molar-refractivity contribution in [1.29, 1.82) is 0 Å². The molecule has 0 aromatic heterocycles. The van der Waals surface area contributed by atoms with Gasteiger partial charge in [0.1, 0.15) is 5.75 Å². The van der Waals surface area contributed by atoms with Crippen LogP contribution >= 0.6 is 0 Å². The predicted molar refractivity (Wildman–Crippen MR) is 108 cm³/mol. The molecule has 2 aromatic carbocycles. The smallest absolute Gasteiger partial charge is 0.255 e. The van der Waals surface area contributed by atoms with Crippen LogP contribution < -0.4 is 15.2 Å². The Kier molecular flexibility index (Phi) is 6.43. The molecule has 0 unspecified atom stereocenters. The number of sulfonamides is 2. The maximum absolute atomic E-state index is 12.9. The summed E-state index contributed by atoms with van der Waals surface area (Å²) in [7, 11) is -6.39. The zero-order valence-electron chi connectivity index (χ0n) is 16.1. The van der Waals surface area contributed by atoms with Gasteiger partial charge in [0, 0.05) is 18.7 Å². The largest absolute Gasteiger partial charge is 0.495 e. The van der Waals surface area contributed by atoms with E-state index in [1.807, 2.05) is 0 Å². The average Bonchev–Trinajstić information content (AvgIpc) is 2.73. The van der Waals surface area contributed by atoms with E-state index >= 15 is 0 Å². The number of morpholine rings is 1. The van der Waals surface area contributed by atoms with Gasteiger partial charge in [-0.1, -0.05) is 6.07 Å². The van der Waals surface area contributed by atoms with Crippen molar-refractivity contribution < 1.29 is 31.1 Å². The molecule has 1 saturated heterocycles. The van der Waals surface area contributed by atoms with Crippen LogP contribution in [0.4, 0.5) is 5.69 Å². The van der Waals surface area contributed by atoms with Crippen LogP contribution in [0.3, 0.4) is 0 Å². The molecule has 1 fully saturated rings. The summed E-state index contributed by atoms with van der Waals surface area (Å²) in [4.78, 5) is 12.4. The molecule has 162 valence electrons. The Morgan fingerprint density at radius 2 is 1.77 bits per heavy atom. The molecule has 0 bridgehead atoms. The number of anilines is 1. The molecule has 1 aliphatic rings. The number of nitrogens with zero attached hydrogens (tertiary/aromatic N) is 1. The lowest BCUT2D eigenvalue weighted by atomic mass is 10.2. The zero-order valence-corrected chi connectivity index (χ0v) is 17.7. The van der Waals surface area contributed by atoms with Crippen molar-refractivity contribution >= 4 is 31.6 Å². The van der Waals surface area contributed by atoms with Crippen molar-refractivity contribution in [2.24, 2.45) is 5.14 Å². The maximum Gasteiger partial charge on any atom is 0.255 e. The van der Waals surface area contributed by atoms with Gasteiger partial charge in [0.2, 0.25) is 20.0 Å². The summed E-state index contributed by atoms with van der Waals surface area (Å²) in [5, 5.41) is 7.67. The van der Waals surface area contributed by atoms with Crippen LogP contribution in [0.2, 0.25) is 0 Å². The molecule has 0 spiro atoms. The van der Waals surface area contributed by atoms with Gasteiger partial charge in [0.25, 0.3) is 5.91 Å². The second kappa shape index (κ2) is 8.70. The molecule has 1 amide bonds. The van der Waals surface area contributed by atoms with Crippen molar-refractivity contribution in [2.75, 3.05) is 38.7 Å². The number of benzene rings is 2. The molecular formula is C18H21N3O7S2. The fourth-order valence-electron chi connectivity index (χ4n) is 2.89. The highest BCUT2D eigenvalue weighted by Crippen LogP contribution is 2.29. The molecule has 1 aliphatic heterocycles. The van der Waals surface area contributed by atoms with Crippen molar-refractivity contribution in [3.8, 4) is 5.75 Å². The Bertz CT molecular complexity index is 1160. The number of hydrogen-bond donors (Lipinski definition) is 2. The van der Waals surface area contributed by atoms with E-state index in [1.165, 1.54) is 47.8 Å². The van der Waals surface area contributed by atoms with E-state index in [0.29, 0.717) is 13.2 Å². The first-order chi connectivity index (χ1) is 14.1. The van der Waals surface area contributed by atoms with Crippen molar-refractivity contribution in [3.05, 3.63) is 48.0 Å². The van der Waals surface area contributed by atoms with Gasteiger partial charge < -0.3 is 14.8 Å². The lowest BCUT2D eigenvalue weighted by Crippen LogP contribution is -2.40. The van der Waals surface area contributed by atoms with Crippen molar-refractivity contribution in [3.63, 3.8) is 0 Å². The van der Waals surface area contributed by atoms with Crippen LogP contribution in [0.15, 0.2) is 52.3 Å². The van der Waals surface area contributed by atoms with E-state index in [4.69, 9.17) is 14.6 Å². The van der Waals surface area contributed by atoms with Crippen LogP contribution in [-0.4, -0.2) is 60.5 Å². The first-order valence-corrected chi connectivity index (χ1v) is 11.8. The minimum absolute atomic E-state index is 0.0150. The number of primary sulfonamides is 1. The molecule has 3 rings (SSSR count). The van der Waals surface area contributed by atoms with Crippen molar-refractivity contribution in [2.45, 2.75) is 9.79 Å². The number of nitrogens with one attached hydrogen (secondary N) is 1. The summed E-state index contributed by atoms with van der Waals surface area (Å²) < 4.78 is 60.5. The molecule has 0 aliphatic carbocycles. The average molecular weight is 456 g/mol. The number of rotatable bonds is 6. The highest BCUT2D eigenvalue weighted by Gasteiger charge is 2.27. The highest BCUT2D eigenvalue weighted by atomic mass is 32.2. The number of amides is 1. The van der Waals surface area contributed by atoms with E-state index < -0.39 is 26.0 Å². The lowest BCUT2D eigenvalue weighted by Gasteiger charge is -2.26. The summed E-state index contributed by atoms with van der Waals surface area (Å²) in [5.74, 6) is -0.411. The molecule has 0 radical (unpaired) electrons. The van der Waals surface area contributed by atoms with Crippen LogP contribution in [0.5, 0.6) is 5.75 Å². The molecule has 30 heavy (non-hydrogen) atoms. The van der Waals surface area contributed by atoms with E-state index in [2.05, 4.69) is 5.32 Å². The van der Waals surface area contributed by atoms with Crippen LogP contribution in [0.1, 0.15) is 10.4 Å². The van der Waals surface area contributed by atoms with E-state index in [1.54, 1.807) is 0 Å². The Morgan fingerprint density at radius 3 is 2.40 bits per heavy atom. The molecular weight excluding hydrogens is 434 g/mol. The fraction of sp³-hybridized carbons (Fsp3) is 0.278. The molecule has 1 heterocycles. The second-order valence-corrected chi connectivity index (χ2v) is 9.90. The molecule has 3 N–H and O–H groups in total. The quantitative estimate of drug-likeness (QED) is 0.649. The Balaban J connectivity index is 1.92. The predicted octanol–water partition coefficient (Wildman–Crippen LogP) is 0.616. The minimum Gasteiger partial charge on any atom is -0.495 e. The third kappa shape index (κ3) is 4.79. The summed E-state index contributed by atoms with van der Waals surface area (Å²) in [6.45, 7) is 1.07. The van der Waals surface area contributed by atoms with Gasteiger partial charge in [0.05, 0.1) is 35.8 Å².